The summed E-state index contributed by atoms with van der Waals surface area (Å²) in [4.78, 5) is 27.0. The summed E-state index contributed by atoms with van der Waals surface area (Å²) >= 11 is 1.06. The molecule has 1 fully saturated rings. The monoisotopic (exact) mass is 526 g/mol. The van der Waals surface area contributed by atoms with E-state index in [-0.39, 0.29) is 29.7 Å². The standard InChI is InChI=1S/C26H21F3N4O3S/c27-26(28,29)19-10-4-11-20(15-19)31-23(34)16-22-24(35)33(17-21-12-6-14-36-21)25(37-22)32-30-13-5-9-18-7-2-1-3-8-18/h1-15,22H,16-17H2,(H,31,34)/b9-5+,30-13+,32-25+. The number of nitrogens with one attached hydrogen (secondary N) is 1. The van der Waals surface area contributed by atoms with Crippen LogP contribution in [-0.4, -0.2) is 33.3 Å². The topological polar surface area (TPSA) is 87.3 Å². The van der Waals surface area contributed by atoms with Crippen molar-refractivity contribution in [3.8, 4) is 0 Å². The minimum atomic E-state index is -4.54. The number of anilines is 1. The van der Waals surface area contributed by atoms with E-state index in [2.05, 4.69) is 15.5 Å². The molecule has 4 rings (SSSR count). The highest BCUT2D eigenvalue weighted by Gasteiger charge is 2.40. The summed E-state index contributed by atoms with van der Waals surface area (Å²) in [5, 5.41) is 10.1. The fourth-order valence-corrected chi connectivity index (χ4v) is 4.51. The highest BCUT2D eigenvalue weighted by atomic mass is 32.2. The number of benzene rings is 2. The zero-order valence-corrected chi connectivity index (χ0v) is 20.1. The molecule has 1 aromatic heterocycles. The number of nitrogens with zero attached hydrogens (tertiary/aromatic N) is 3. The largest absolute Gasteiger partial charge is 0.467 e. The van der Waals surface area contributed by atoms with E-state index in [1.165, 1.54) is 29.5 Å². The van der Waals surface area contributed by atoms with Gasteiger partial charge in [0.05, 0.1) is 18.4 Å². The number of hydrogen-bond acceptors (Lipinski definition) is 6. The minimum absolute atomic E-state index is 0.00796. The molecule has 1 aliphatic heterocycles. The third-order valence-corrected chi connectivity index (χ3v) is 6.31. The molecule has 1 unspecified atom stereocenters. The normalized spacial score (nSPS) is 17.4. The van der Waals surface area contributed by atoms with Gasteiger partial charge in [-0.15, -0.1) is 5.10 Å². The number of alkyl halides is 3. The average Bonchev–Trinajstić information content (AvgIpc) is 3.48. The quantitative estimate of drug-likeness (QED) is 0.296. The van der Waals surface area contributed by atoms with Gasteiger partial charge in [-0.25, -0.2) is 0 Å². The summed E-state index contributed by atoms with van der Waals surface area (Å²) < 4.78 is 44.2. The molecule has 11 heteroatoms. The second-order valence-electron chi connectivity index (χ2n) is 7.86. The van der Waals surface area contributed by atoms with Gasteiger partial charge in [0, 0.05) is 18.3 Å². The van der Waals surface area contributed by atoms with Crippen molar-refractivity contribution in [2.24, 2.45) is 10.2 Å². The Bertz CT molecular complexity index is 1320. The number of carbonyl (C=O) groups excluding carboxylic acids is 2. The SMILES string of the molecule is O=C(CC1S/C(=N/N=C/C=C/c2ccccc2)N(Cc2ccco2)C1=O)Nc1cccc(C(F)(F)F)c1. The number of amides is 2. The summed E-state index contributed by atoms with van der Waals surface area (Å²) in [7, 11) is 0. The highest BCUT2D eigenvalue weighted by Crippen LogP contribution is 2.33. The zero-order chi connectivity index (χ0) is 26.3. The molecule has 1 aliphatic rings. The first kappa shape index (κ1) is 26.0. The number of rotatable bonds is 8. The number of carbonyl (C=O) groups is 2. The number of furan rings is 1. The summed E-state index contributed by atoms with van der Waals surface area (Å²) in [5.74, 6) is -0.461. The Morgan fingerprint density at radius 2 is 1.92 bits per heavy atom. The van der Waals surface area contributed by atoms with E-state index in [0.717, 1.165) is 29.5 Å². The van der Waals surface area contributed by atoms with E-state index in [1.807, 2.05) is 36.4 Å². The Labute approximate surface area is 214 Å². The molecule has 190 valence electrons. The van der Waals surface area contributed by atoms with Crippen molar-refractivity contribution in [3.63, 3.8) is 0 Å². The first-order valence-corrected chi connectivity index (χ1v) is 12.0. The lowest BCUT2D eigenvalue weighted by molar-refractivity contribution is -0.137. The maximum atomic E-state index is 13.1. The van der Waals surface area contributed by atoms with Crippen molar-refractivity contribution in [3.05, 3.63) is 96.0 Å². The predicted molar refractivity (Wildman–Crippen MR) is 137 cm³/mol. The van der Waals surface area contributed by atoms with E-state index in [0.29, 0.717) is 5.76 Å². The maximum absolute atomic E-state index is 13.1. The zero-order valence-electron chi connectivity index (χ0n) is 19.3. The highest BCUT2D eigenvalue weighted by molar-refractivity contribution is 8.15. The van der Waals surface area contributed by atoms with Gasteiger partial charge < -0.3 is 9.73 Å². The number of halogens is 3. The van der Waals surface area contributed by atoms with E-state index < -0.39 is 22.9 Å². The second kappa shape index (κ2) is 11.7. The lowest BCUT2D eigenvalue weighted by Crippen LogP contribution is -2.33. The Morgan fingerprint density at radius 3 is 2.65 bits per heavy atom. The molecule has 2 amide bonds. The summed E-state index contributed by atoms with van der Waals surface area (Å²) in [6.07, 6.45) is 1.71. The van der Waals surface area contributed by atoms with E-state index in [4.69, 9.17) is 4.42 Å². The van der Waals surface area contributed by atoms with Crippen LogP contribution in [0.3, 0.4) is 0 Å². The van der Waals surface area contributed by atoms with Crippen molar-refractivity contribution in [2.45, 2.75) is 24.4 Å². The molecular weight excluding hydrogens is 505 g/mol. The molecular formula is C26H21F3N4O3S. The Balaban J connectivity index is 1.44. The van der Waals surface area contributed by atoms with Gasteiger partial charge in [-0.3, -0.25) is 14.5 Å². The fourth-order valence-electron chi connectivity index (χ4n) is 3.41. The molecule has 3 aromatic rings. The summed E-state index contributed by atoms with van der Waals surface area (Å²) in [6, 6.07) is 17.3. The van der Waals surface area contributed by atoms with E-state index in [9.17, 15) is 22.8 Å². The average molecular weight is 527 g/mol. The van der Waals surface area contributed by atoms with Crippen LogP contribution in [0.2, 0.25) is 0 Å². The molecule has 0 radical (unpaired) electrons. The van der Waals surface area contributed by atoms with Gasteiger partial charge in [0.15, 0.2) is 5.17 Å². The van der Waals surface area contributed by atoms with Gasteiger partial charge in [0.25, 0.3) is 0 Å². The Hall–Kier alpha value is -4.12. The third kappa shape index (κ3) is 7.20. The van der Waals surface area contributed by atoms with Crippen molar-refractivity contribution in [2.75, 3.05) is 5.32 Å². The van der Waals surface area contributed by atoms with Gasteiger partial charge in [0.1, 0.15) is 11.0 Å². The molecule has 2 heterocycles. The molecule has 0 bridgehead atoms. The van der Waals surface area contributed by atoms with Gasteiger partial charge in [-0.1, -0.05) is 54.2 Å². The molecule has 2 aromatic carbocycles. The molecule has 0 saturated carbocycles. The molecule has 1 atom stereocenters. The number of thioether (sulfide) groups is 1. The van der Waals surface area contributed by atoms with Crippen LogP contribution in [0.1, 0.15) is 23.3 Å². The van der Waals surface area contributed by atoms with Gasteiger partial charge in [0.2, 0.25) is 11.8 Å². The lowest BCUT2D eigenvalue weighted by Gasteiger charge is -2.14. The van der Waals surface area contributed by atoms with Crippen LogP contribution in [0.5, 0.6) is 0 Å². The van der Waals surface area contributed by atoms with Gasteiger partial charge >= 0.3 is 6.18 Å². The molecule has 0 spiro atoms. The van der Waals surface area contributed by atoms with E-state index in [1.54, 1.807) is 18.2 Å². The van der Waals surface area contributed by atoms with Crippen molar-refractivity contribution >= 4 is 46.7 Å². The maximum Gasteiger partial charge on any atom is 0.416 e. The summed E-state index contributed by atoms with van der Waals surface area (Å²) in [5.41, 5.74) is 0.0968. The molecule has 1 N–H and O–H groups in total. The smallest absolute Gasteiger partial charge is 0.416 e. The van der Waals surface area contributed by atoms with Crippen LogP contribution >= 0.6 is 11.8 Å². The first-order chi connectivity index (χ1) is 17.8. The van der Waals surface area contributed by atoms with Crippen LogP contribution in [0.4, 0.5) is 18.9 Å². The van der Waals surface area contributed by atoms with Crippen LogP contribution in [-0.2, 0) is 22.3 Å². The van der Waals surface area contributed by atoms with Crippen LogP contribution < -0.4 is 5.32 Å². The molecule has 37 heavy (non-hydrogen) atoms. The molecule has 0 aliphatic carbocycles. The third-order valence-electron chi connectivity index (χ3n) is 5.14. The Morgan fingerprint density at radius 1 is 1.11 bits per heavy atom. The Kier molecular flexibility index (Phi) is 8.24. The van der Waals surface area contributed by atoms with Crippen LogP contribution in [0.25, 0.3) is 6.08 Å². The molecule has 1 saturated heterocycles. The van der Waals surface area contributed by atoms with Crippen LogP contribution in [0, 0.1) is 0 Å². The second-order valence-corrected chi connectivity index (χ2v) is 9.03. The van der Waals surface area contributed by atoms with Crippen LogP contribution in [0.15, 0.2) is 93.7 Å². The van der Waals surface area contributed by atoms with Gasteiger partial charge in [-0.05, 0) is 42.0 Å². The lowest BCUT2D eigenvalue weighted by atomic mass is 10.2. The minimum Gasteiger partial charge on any atom is -0.467 e. The number of hydrogen-bond donors (Lipinski definition) is 1. The van der Waals surface area contributed by atoms with Crippen molar-refractivity contribution in [1.29, 1.82) is 0 Å². The first-order valence-electron chi connectivity index (χ1n) is 11.1. The van der Waals surface area contributed by atoms with Gasteiger partial charge in [-0.2, -0.15) is 18.3 Å². The number of amidine groups is 1. The summed E-state index contributed by atoms with van der Waals surface area (Å²) in [6.45, 7) is 0.0960. The number of allylic oxidation sites excluding steroid dienone is 1. The molecule has 7 nitrogen and oxygen atoms in total. The van der Waals surface area contributed by atoms with E-state index >= 15 is 0 Å². The van der Waals surface area contributed by atoms with Crippen molar-refractivity contribution < 1.29 is 27.2 Å². The van der Waals surface area contributed by atoms with Crippen molar-refractivity contribution in [1.82, 2.24) is 4.90 Å². The fraction of sp³-hybridized carbons (Fsp3) is 0.154. The predicted octanol–water partition coefficient (Wildman–Crippen LogP) is 5.83.